The van der Waals surface area contributed by atoms with Gasteiger partial charge in [0.2, 0.25) is 0 Å². The molecule has 2 rings (SSSR count). The van der Waals surface area contributed by atoms with Crippen LogP contribution < -0.4 is 5.32 Å². The van der Waals surface area contributed by atoms with Gasteiger partial charge in [0.05, 0.1) is 0 Å². The smallest absolute Gasteiger partial charge is 0.123 e. The molecule has 0 saturated heterocycles. The minimum absolute atomic E-state index is 0.190. The highest BCUT2D eigenvalue weighted by Gasteiger charge is 2.12. The first-order valence-electron chi connectivity index (χ1n) is 7.00. The van der Waals surface area contributed by atoms with Gasteiger partial charge in [-0.15, -0.1) is 0 Å². The molecular formula is C17H18BrClFN. The first-order chi connectivity index (χ1) is 10.1. The summed E-state index contributed by atoms with van der Waals surface area (Å²) in [5.41, 5.74) is 2.09. The molecule has 0 heterocycles. The Morgan fingerprint density at radius 3 is 2.67 bits per heavy atom. The zero-order valence-electron chi connectivity index (χ0n) is 11.9. The third-order valence-corrected chi connectivity index (χ3v) is 4.19. The number of nitrogens with one attached hydrogen (secondary N) is 1. The molecule has 1 unspecified atom stereocenters. The van der Waals surface area contributed by atoms with Gasteiger partial charge in [0.15, 0.2) is 0 Å². The quantitative estimate of drug-likeness (QED) is 0.754. The Bertz CT molecular complexity index is 603. The molecule has 4 heteroatoms. The minimum Gasteiger partial charge on any atom is -0.314 e. The van der Waals surface area contributed by atoms with Crippen molar-refractivity contribution in [2.24, 2.45) is 0 Å². The van der Waals surface area contributed by atoms with E-state index in [-0.39, 0.29) is 11.9 Å². The van der Waals surface area contributed by atoms with Crippen molar-refractivity contribution >= 4 is 27.5 Å². The maximum absolute atomic E-state index is 13.3. The van der Waals surface area contributed by atoms with Gasteiger partial charge >= 0.3 is 0 Å². The molecule has 0 radical (unpaired) electrons. The summed E-state index contributed by atoms with van der Waals surface area (Å²) in [4.78, 5) is 0. The van der Waals surface area contributed by atoms with Crippen LogP contribution in [0.3, 0.4) is 0 Å². The Kier molecular flexibility index (Phi) is 6.22. The summed E-state index contributed by atoms with van der Waals surface area (Å²) in [7, 11) is 0. The summed E-state index contributed by atoms with van der Waals surface area (Å²) in [5.74, 6) is -0.190. The third kappa shape index (κ3) is 5.10. The fourth-order valence-corrected chi connectivity index (χ4v) is 3.16. The van der Waals surface area contributed by atoms with Crippen molar-refractivity contribution in [2.75, 3.05) is 6.54 Å². The van der Waals surface area contributed by atoms with Crippen LogP contribution in [0.15, 0.2) is 46.9 Å². The van der Waals surface area contributed by atoms with Crippen LogP contribution in [0, 0.1) is 5.82 Å². The maximum Gasteiger partial charge on any atom is 0.123 e. The summed E-state index contributed by atoms with van der Waals surface area (Å²) < 4.78 is 14.3. The monoisotopic (exact) mass is 369 g/mol. The summed E-state index contributed by atoms with van der Waals surface area (Å²) in [6, 6.07) is 12.9. The van der Waals surface area contributed by atoms with Gasteiger partial charge in [0.25, 0.3) is 0 Å². The van der Waals surface area contributed by atoms with Crippen LogP contribution in [-0.2, 0) is 12.8 Å². The molecule has 0 bridgehead atoms. The van der Waals surface area contributed by atoms with Crippen LogP contribution in [0.25, 0.3) is 0 Å². The molecule has 0 saturated carbocycles. The molecule has 2 aromatic rings. The number of hydrogen-bond acceptors (Lipinski definition) is 1. The first-order valence-corrected chi connectivity index (χ1v) is 8.17. The molecule has 1 atom stereocenters. The van der Waals surface area contributed by atoms with E-state index in [4.69, 9.17) is 11.6 Å². The lowest BCUT2D eigenvalue weighted by Crippen LogP contribution is -2.33. The van der Waals surface area contributed by atoms with Gasteiger partial charge in [0, 0.05) is 15.5 Å². The number of hydrogen-bond donors (Lipinski definition) is 1. The second kappa shape index (κ2) is 7.92. The van der Waals surface area contributed by atoms with Gasteiger partial charge in [-0.25, -0.2) is 4.39 Å². The average molecular weight is 371 g/mol. The van der Waals surface area contributed by atoms with Crippen molar-refractivity contribution in [3.8, 4) is 0 Å². The molecule has 1 nitrogen and oxygen atoms in total. The summed E-state index contributed by atoms with van der Waals surface area (Å²) >= 11 is 9.70. The van der Waals surface area contributed by atoms with E-state index < -0.39 is 0 Å². The van der Waals surface area contributed by atoms with Gasteiger partial charge < -0.3 is 5.32 Å². The molecular weight excluding hydrogens is 353 g/mol. The van der Waals surface area contributed by atoms with Crippen LogP contribution in [-0.4, -0.2) is 12.6 Å². The fraction of sp³-hybridized carbons (Fsp3) is 0.294. The van der Waals surface area contributed by atoms with E-state index in [0.29, 0.717) is 0 Å². The highest BCUT2D eigenvalue weighted by Crippen LogP contribution is 2.23. The molecule has 0 aliphatic heterocycles. The Labute approximate surface area is 138 Å². The van der Waals surface area contributed by atoms with Crippen LogP contribution in [0.2, 0.25) is 5.02 Å². The second-order valence-electron chi connectivity index (χ2n) is 5.03. The van der Waals surface area contributed by atoms with E-state index in [2.05, 4.69) is 28.2 Å². The van der Waals surface area contributed by atoms with Crippen molar-refractivity contribution in [1.82, 2.24) is 5.32 Å². The molecule has 0 amide bonds. The van der Waals surface area contributed by atoms with Gasteiger partial charge in [-0.05, 0) is 54.8 Å². The van der Waals surface area contributed by atoms with E-state index in [1.807, 2.05) is 24.3 Å². The van der Waals surface area contributed by atoms with Crippen LogP contribution in [0.5, 0.6) is 0 Å². The maximum atomic E-state index is 13.3. The first kappa shape index (κ1) is 16.5. The van der Waals surface area contributed by atoms with Gasteiger partial charge in [-0.1, -0.05) is 52.7 Å². The molecule has 112 valence electrons. The Morgan fingerprint density at radius 1 is 1.19 bits per heavy atom. The van der Waals surface area contributed by atoms with E-state index >= 15 is 0 Å². The summed E-state index contributed by atoms with van der Waals surface area (Å²) in [6.45, 7) is 2.94. The van der Waals surface area contributed by atoms with Crippen molar-refractivity contribution in [2.45, 2.75) is 25.8 Å². The predicted molar refractivity (Wildman–Crippen MR) is 90.4 cm³/mol. The van der Waals surface area contributed by atoms with E-state index in [1.54, 1.807) is 12.1 Å². The predicted octanol–water partition coefficient (Wildman–Crippen LogP) is 5.00. The van der Waals surface area contributed by atoms with Gasteiger partial charge in [-0.2, -0.15) is 0 Å². The molecule has 0 aromatic heterocycles. The zero-order chi connectivity index (χ0) is 15.2. The van der Waals surface area contributed by atoms with E-state index in [0.717, 1.165) is 40.0 Å². The van der Waals surface area contributed by atoms with Crippen molar-refractivity contribution < 1.29 is 4.39 Å². The fourth-order valence-electron chi connectivity index (χ4n) is 2.41. The Balaban J connectivity index is 2.11. The average Bonchev–Trinajstić information content (AvgIpc) is 2.42. The SMILES string of the molecule is CCNC(Cc1cccc(F)c1)Cc1ccc(Br)cc1Cl. The third-order valence-electron chi connectivity index (χ3n) is 3.35. The van der Waals surface area contributed by atoms with Crippen molar-refractivity contribution in [3.63, 3.8) is 0 Å². The molecule has 0 spiro atoms. The van der Waals surface area contributed by atoms with Crippen molar-refractivity contribution in [3.05, 3.63) is 68.9 Å². The number of benzene rings is 2. The topological polar surface area (TPSA) is 12.0 Å². The normalized spacial score (nSPS) is 12.4. The van der Waals surface area contributed by atoms with Crippen LogP contribution in [0.4, 0.5) is 4.39 Å². The Hall–Kier alpha value is -0.900. The van der Waals surface area contributed by atoms with E-state index in [1.165, 1.54) is 6.07 Å². The molecule has 21 heavy (non-hydrogen) atoms. The number of halogens is 3. The number of likely N-dealkylation sites (N-methyl/N-ethyl adjacent to an activating group) is 1. The van der Waals surface area contributed by atoms with Crippen LogP contribution >= 0.6 is 27.5 Å². The highest BCUT2D eigenvalue weighted by atomic mass is 79.9. The standard InChI is InChI=1S/C17H18BrClFN/c1-2-21-16(9-12-4-3-5-15(20)8-12)10-13-6-7-14(18)11-17(13)19/h3-8,11,16,21H,2,9-10H2,1H3. The molecule has 2 aromatic carbocycles. The minimum atomic E-state index is -0.190. The van der Waals surface area contributed by atoms with Crippen LogP contribution in [0.1, 0.15) is 18.1 Å². The van der Waals surface area contributed by atoms with Gasteiger partial charge in [-0.3, -0.25) is 0 Å². The van der Waals surface area contributed by atoms with E-state index in [9.17, 15) is 4.39 Å². The number of rotatable bonds is 6. The zero-order valence-corrected chi connectivity index (χ0v) is 14.2. The largest absolute Gasteiger partial charge is 0.314 e. The van der Waals surface area contributed by atoms with Gasteiger partial charge in [0.1, 0.15) is 5.82 Å². The Morgan fingerprint density at radius 2 is 2.00 bits per heavy atom. The lowest BCUT2D eigenvalue weighted by Gasteiger charge is -2.19. The lowest BCUT2D eigenvalue weighted by molar-refractivity contribution is 0.519. The second-order valence-corrected chi connectivity index (χ2v) is 6.35. The summed E-state index contributed by atoms with van der Waals surface area (Å²) in [6.07, 6.45) is 1.59. The molecule has 0 fully saturated rings. The van der Waals surface area contributed by atoms with Crippen molar-refractivity contribution in [1.29, 1.82) is 0 Å². The molecule has 0 aliphatic rings. The summed E-state index contributed by atoms with van der Waals surface area (Å²) in [5, 5.41) is 4.20. The molecule has 0 aliphatic carbocycles. The molecule has 1 N–H and O–H groups in total. The highest BCUT2D eigenvalue weighted by molar-refractivity contribution is 9.10. The lowest BCUT2D eigenvalue weighted by atomic mass is 9.99.